The molecule has 2 aromatic rings. The van der Waals surface area contributed by atoms with E-state index in [-0.39, 0.29) is 5.69 Å². The van der Waals surface area contributed by atoms with Crippen molar-refractivity contribution in [1.29, 1.82) is 0 Å². The molecule has 0 aromatic heterocycles. The minimum absolute atomic E-state index is 0.117. The molecular formula is C13H10ClNO2S. The van der Waals surface area contributed by atoms with Crippen LogP contribution in [-0.2, 0) is 5.75 Å². The lowest BCUT2D eigenvalue weighted by Gasteiger charge is -2.02. The van der Waals surface area contributed by atoms with E-state index in [4.69, 9.17) is 11.6 Å². The molecule has 0 saturated heterocycles. The highest BCUT2D eigenvalue weighted by Crippen LogP contribution is 2.25. The quantitative estimate of drug-likeness (QED) is 0.469. The van der Waals surface area contributed by atoms with Gasteiger partial charge in [-0.3, -0.25) is 10.1 Å². The average Bonchev–Trinajstić information content (AvgIpc) is 2.37. The van der Waals surface area contributed by atoms with Crippen LogP contribution in [0.25, 0.3) is 0 Å². The van der Waals surface area contributed by atoms with E-state index in [0.717, 1.165) is 16.2 Å². The highest BCUT2D eigenvalue weighted by molar-refractivity contribution is 7.98. The van der Waals surface area contributed by atoms with Crippen molar-refractivity contribution in [3.8, 4) is 0 Å². The number of benzene rings is 2. The summed E-state index contributed by atoms with van der Waals surface area (Å²) in [5, 5.41) is 11.2. The Morgan fingerprint density at radius 3 is 2.50 bits per heavy atom. The molecule has 2 rings (SSSR count). The number of non-ortho nitro benzene ring substituents is 1. The first-order valence-electron chi connectivity index (χ1n) is 5.27. The van der Waals surface area contributed by atoms with Gasteiger partial charge in [0.05, 0.1) is 4.92 Å². The van der Waals surface area contributed by atoms with Crippen molar-refractivity contribution in [2.45, 2.75) is 10.6 Å². The lowest BCUT2D eigenvalue weighted by atomic mass is 10.2. The maximum atomic E-state index is 10.5. The first kappa shape index (κ1) is 12.9. The molecule has 0 fully saturated rings. The SMILES string of the molecule is O=[N+]([O-])c1ccc(CSc2cccc(Cl)c2)cc1. The Morgan fingerprint density at radius 1 is 1.17 bits per heavy atom. The van der Waals surface area contributed by atoms with Gasteiger partial charge in [0.1, 0.15) is 0 Å². The second-order valence-electron chi connectivity index (χ2n) is 3.67. The van der Waals surface area contributed by atoms with E-state index in [9.17, 15) is 10.1 Å². The van der Waals surface area contributed by atoms with Gasteiger partial charge in [-0.1, -0.05) is 29.8 Å². The van der Waals surface area contributed by atoms with Crippen LogP contribution in [0.2, 0.25) is 5.02 Å². The molecule has 0 radical (unpaired) electrons. The number of hydrogen-bond acceptors (Lipinski definition) is 3. The first-order valence-corrected chi connectivity index (χ1v) is 6.63. The van der Waals surface area contributed by atoms with Crippen molar-refractivity contribution >= 4 is 29.1 Å². The van der Waals surface area contributed by atoms with E-state index in [1.54, 1.807) is 23.9 Å². The third-order valence-corrected chi connectivity index (χ3v) is 3.65. The van der Waals surface area contributed by atoms with Crippen LogP contribution < -0.4 is 0 Å². The van der Waals surface area contributed by atoms with E-state index in [2.05, 4.69) is 0 Å². The van der Waals surface area contributed by atoms with Gasteiger partial charge in [-0.25, -0.2) is 0 Å². The minimum Gasteiger partial charge on any atom is -0.258 e. The summed E-state index contributed by atoms with van der Waals surface area (Å²) in [5.41, 5.74) is 1.16. The van der Waals surface area contributed by atoms with Crippen LogP contribution in [0.1, 0.15) is 5.56 Å². The molecule has 0 saturated carbocycles. The standard InChI is InChI=1S/C13H10ClNO2S/c14-11-2-1-3-13(8-11)18-9-10-4-6-12(7-5-10)15(16)17/h1-8H,9H2. The van der Waals surface area contributed by atoms with Crippen molar-refractivity contribution in [3.63, 3.8) is 0 Å². The molecule has 0 atom stereocenters. The summed E-state index contributed by atoms with van der Waals surface area (Å²) in [4.78, 5) is 11.2. The molecule has 0 heterocycles. The fraction of sp³-hybridized carbons (Fsp3) is 0.0769. The fourth-order valence-corrected chi connectivity index (χ4v) is 2.60. The minimum atomic E-state index is -0.395. The van der Waals surface area contributed by atoms with Crippen molar-refractivity contribution in [2.24, 2.45) is 0 Å². The third-order valence-electron chi connectivity index (χ3n) is 2.35. The van der Waals surface area contributed by atoms with Gasteiger partial charge in [0, 0.05) is 27.8 Å². The summed E-state index contributed by atoms with van der Waals surface area (Å²) in [6.07, 6.45) is 0. The van der Waals surface area contributed by atoms with Crippen molar-refractivity contribution < 1.29 is 4.92 Å². The molecule has 0 spiro atoms. The topological polar surface area (TPSA) is 43.1 Å². The van der Waals surface area contributed by atoms with Gasteiger partial charge in [0.2, 0.25) is 0 Å². The number of hydrogen-bond donors (Lipinski definition) is 0. The number of rotatable bonds is 4. The summed E-state index contributed by atoms with van der Waals surface area (Å²) in [5.74, 6) is 0.762. The van der Waals surface area contributed by atoms with E-state index in [0.29, 0.717) is 5.02 Å². The molecule has 2 aromatic carbocycles. The second kappa shape index (κ2) is 5.89. The predicted octanol–water partition coefficient (Wildman–Crippen LogP) is 4.54. The summed E-state index contributed by atoms with van der Waals surface area (Å²) in [6, 6.07) is 14.2. The summed E-state index contributed by atoms with van der Waals surface area (Å²) < 4.78 is 0. The van der Waals surface area contributed by atoms with E-state index < -0.39 is 4.92 Å². The van der Waals surface area contributed by atoms with E-state index in [1.165, 1.54) is 12.1 Å². The van der Waals surface area contributed by atoms with Crippen molar-refractivity contribution in [2.75, 3.05) is 0 Å². The zero-order valence-corrected chi connectivity index (χ0v) is 10.9. The third kappa shape index (κ3) is 3.48. The largest absolute Gasteiger partial charge is 0.269 e. The second-order valence-corrected chi connectivity index (χ2v) is 5.15. The first-order chi connectivity index (χ1) is 8.65. The van der Waals surface area contributed by atoms with Crippen LogP contribution >= 0.6 is 23.4 Å². The highest BCUT2D eigenvalue weighted by Gasteiger charge is 2.04. The van der Waals surface area contributed by atoms with Crippen LogP contribution in [0.15, 0.2) is 53.4 Å². The van der Waals surface area contributed by atoms with Crippen molar-refractivity contribution in [3.05, 3.63) is 69.2 Å². The van der Waals surface area contributed by atoms with Gasteiger partial charge in [-0.15, -0.1) is 11.8 Å². The summed E-state index contributed by atoms with van der Waals surface area (Å²) in [6.45, 7) is 0. The fourth-order valence-electron chi connectivity index (χ4n) is 1.44. The Kier molecular flexibility index (Phi) is 4.23. The molecule has 0 bridgehead atoms. The molecule has 0 aliphatic rings. The van der Waals surface area contributed by atoms with Crippen LogP contribution in [0.4, 0.5) is 5.69 Å². The Morgan fingerprint density at radius 2 is 1.89 bits per heavy atom. The maximum Gasteiger partial charge on any atom is 0.269 e. The monoisotopic (exact) mass is 279 g/mol. The summed E-state index contributed by atoms with van der Waals surface area (Å²) in [7, 11) is 0. The van der Waals surface area contributed by atoms with Crippen molar-refractivity contribution in [1.82, 2.24) is 0 Å². The zero-order valence-electron chi connectivity index (χ0n) is 9.38. The Bertz CT molecular complexity index is 557. The van der Waals surface area contributed by atoms with Gasteiger partial charge >= 0.3 is 0 Å². The molecule has 0 aliphatic heterocycles. The number of nitrogens with zero attached hydrogens (tertiary/aromatic N) is 1. The molecule has 0 unspecified atom stereocenters. The molecule has 0 aliphatic carbocycles. The van der Waals surface area contributed by atoms with Crippen LogP contribution in [0.5, 0.6) is 0 Å². The number of thioether (sulfide) groups is 1. The van der Waals surface area contributed by atoms with Gasteiger partial charge < -0.3 is 0 Å². The average molecular weight is 280 g/mol. The van der Waals surface area contributed by atoms with Gasteiger partial charge in [-0.2, -0.15) is 0 Å². The molecule has 5 heteroatoms. The molecule has 92 valence electrons. The molecule has 3 nitrogen and oxygen atoms in total. The van der Waals surface area contributed by atoms with Crippen LogP contribution in [-0.4, -0.2) is 4.92 Å². The predicted molar refractivity (Wildman–Crippen MR) is 74.1 cm³/mol. The number of nitro groups is 1. The Hall–Kier alpha value is -1.52. The van der Waals surface area contributed by atoms with E-state index in [1.807, 2.05) is 24.3 Å². The van der Waals surface area contributed by atoms with E-state index >= 15 is 0 Å². The highest BCUT2D eigenvalue weighted by atomic mass is 35.5. The molecule has 0 amide bonds. The van der Waals surface area contributed by atoms with Gasteiger partial charge in [0.25, 0.3) is 5.69 Å². The summed E-state index contributed by atoms with van der Waals surface area (Å²) >= 11 is 7.54. The number of nitro benzene ring substituents is 1. The van der Waals surface area contributed by atoms with Crippen LogP contribution in [0.3, 0.4) is 0 Å². The molecule has 18 heavy (non-hydrogen) atoms. The molecule has 0 N–H and O–H groups in total. The van der Waals surface area contributed by atoms with Gasteiger partial charge in [0.15, 0.2) is 0 Å². The van der Waals surface area contributed by atoms with Crippen LogP contribution in [0, 0.1) is 10.1 Å². The smallest absolute Gasteiger partial charge is 0.258 e. The normalized spacial score (nSPS) is 10.3. The molecular weight excluding hydrogens is 270 g/mol. The number of halogens is 1. The Labute approximate surface area is 114 Å². The Balaban J connectivity index is 2.00. The zero-order chi connectivity index (χ0) is 13.0. The van der Waals surface area contributed by atoms with Gasteiger partial charge in [-0.05, 0) is 23.8 Å². The lowest BCUT2D eigenvalue weighted by Crippen LogP contribution is -1.88. The maximum absolute atomic E-state index is 10.5. The lowest BCUT2D eigenvalue weighted by molar-refractivity contribution is -0.384.